The van der Waals surface area contributed by atoms with Gasteiger partial charge in [0.05, 0.1) is 70.6 Å². The molecule has 1 unspecified atom stereocenters. The molecule has 0 saturated carbocycles. The number of para-hydroxylation sites is 7. The first-order valence-corrected chi connectivity index (χ1v) is 47.3. The van der Waals surface area contributed by atoms with Gasteiger partial charge in [-0.05, 0) is 234 Å². The second-order valence-corrected chi connectivity index (χ2v) is 38.6. The third-order valence-electron chi connectivity index (χ3n) is 22.9. The number of β-amino-alcohol motifs (C(OH)–C–C–N with tert-alkyl or cyclic N) is 1. The molecule has 119 heavy (non-hydrogen) atoms. The SMILES string of the molecule is CC(CN(C)C)CN1c2ccccc2Sc2ccccc21.CN1CCN(CCCN2c3ccccc3Sc3ccc(Cl)cc32)CC1.CN1CCN(CCCN2c3ccccc3Sc3ccccc32)CC1.COc1ccc2c(c1)N(CCCN(C)C)c1ccccc1S2.OCCN1CCN(CCCN2c3ccccc3Sc3ccc(Cl)cc32)CC1. The molecule has 0 spiro atoms. The van der Waals surface area contributed by atoms with E-state index in [4.69, 9.17) is 33.0 Å². The van der Waals surface area contributed by atoms with E-state index in [1.807, 2.05) is 77.0 Å². The van der Waals surface area contributed by atoms with E-state index >= 15 is 0 Å². The molecule has 0 radical (unpaired) electrons. The number of aliphatic hydroxyl groups excluding tert-OH is 1. The van der Waals surface area contributed by atoms with Crippen molar-refractivity contribution in [3.63, 3.8) is 0 Å². The standard InChI is InChI=1S/C21H26ClN3OS.C20H24ClN3S.C20H25N3S.C18H22N2OS.C18H22N2S/c22-17-6-7-21-19(16-17)25(18-4-1-2-5-20(18)27-21)9-3-8-23-10-12-24(13-11-23)14-15-26;1-22-11-13-23(14-12-22)9-4-10-24-17-5-2-3-6-19(17)25-20-8-7-16(21)15-18(20)24;1-21-13-15-22(16-14-21)11-6-12-23-17-7-2-4-9-19(17)24-20-10-5-3-8-18(20)23;1-19(2)11-6-12-20-15-7-4-5-8-17(15)22-18-10-9-14(21-3)13-16(18)20;1-14(12-19(2)3)13-20-15-8-4-6-10-17(15)21-18-11-7-5-9-16(18)20/h1-2,4-7,16,26H,3,8-15H2;2-3,5-8,15H,4,9-14H2,1H3;2-5,7-10H,6,11-16H2,1H3;4-5,7-10,13H,6,11-12H2,1-3H3;4-11,14H,12-13H2,1-3H3. The van der Waals surface area contributed by atoms with Crippen molar-refractivity contribution in [1.29, 1.82) is 0 Å². The van der Waals surface area contributed by atoms with Crippen molar-refractivity contribution in [3.05, 3.63) is 235 Å². The number of hydrogen-bond donors (Lipinski definition) is 1. The van der Waals surface area contributed by atoms with Crippen LogP contribution in [0.25, 0.3) is 0 Å². The van der Waals surface area contributed by atoms with Crippen LogP contribution in [0.2, 0.25) is 10.0 Å². The maximum atomic E-state index is 9.08. The Labute approximate surface area is 740 Å². The number of hydrogen-bond acceptors (Lipinski definition) is 20. The summed E-state index contributed by atoms with van der Waals surface area (Å²) in [6.45, 7) is 28.0. The van der Waals surface area contributed by atoms with E-state index in [0.717, 1.165) is 127 Å². The smallest absolute Gasteiger partial charge is 0.121 e. The second-order valence-electron chi connectivity index (χ2n) is 32.3. The number of methoxy groups -OCH3 is 1. The van der Waals surface area contributed by atoms with Gasteiger partial charge in [0.1, 0.15) is 5.75 Å². The third kappa shape index (κ3) is 23.7. The van der Waals surface area contributed by atoms with Gasteiger partial charge in [0.2, 0.25) is 0 Å². The Morgan fingerprint density at radius 2 is 0.605 bits per heavy atom. The van der Waals surface area contributed by atoms with Gasteiger partial charge in [-0.1, -0.05) is 174 Å². The average Bonchev–Trinajstić information content (AvgIpc) is 0.798. The maximum absolute atomic E-state index is 9.08. The van der Waals surface area contributed by atoms with Crippen LogP contribution in [-0.4, -0.2) is 251 Å². The lowest BCUT2D eigenvalue weighted by atomic mass is 10.1. The molecular weight excluding hydrogens is 1610 g/mol. The lowest BCUT2D eigenvalue weighted by Gasteiger charge is -2.36. The zero-order valence-electron chi connectivity index (χ0n) is 70.7. The van der Waals surface area contributed by atoms with Crippen LogP contribution in [0.1, 0.15) is 32.6 Å². The quantitative estimate of drug-likeness (QED) is 0.0660. The summed E-state index contributed by atoms with van der Waals surface area (Å²) < 4.78 is 5.42. The Bertz CT molecular complexity index is 4820. The molecule has 22 heteroatoms. The van der Waals surface area contributed by atoms with E-state index in [1.165, 1.54) is 171 Å². The summed E-state index contributed by atoms with van der Waals surface area (Å²) in [5, 5.41) is 10.7. The van der Waals surface area contributed by atoms with Gasteiger partial charge in [-0.15, -0.1) is 0 Å². The number of nitrogens with zero attached hydrogens (tertiary/aromatic N) is 13. The summed E-state index contributed by atoms with van der Waals surface area (Å²) in [4.78, 5) is 45.0. The first-order valence-electron chi connectivity index (χ1n) is 42.4. The van der Waals surface area contributed by atoms with Crippen molar-refractivity contribution in [1.82, 2.24) is 39.2 Å². The van der Waals surface area contributed by atoms with Crippen molar-refractivity contribution in [2.75, 3.05) is 231 Å². The Hall–Kier alpha value is -7.03. The van der Waals surface area contributed by atoms with Crippen molar-refractivity contribution in [2.24, 2.45) is 5.92 Å². The number of piperazine rings is 3. The molecule has 0 aromatic heterocycles. The molecule has 15 nitrogen and oxygen atoms in total. The number of fused-ring (bicyclic) bond motifs is 10. The van der Waals surface area contributed by atoms with E-state index in [9.17, 15) is 0 Å². The van der Waals surface area contributed by atoms with Gasteiger partial charge >= 0.3 is 0 Å². The van der Waals surface area contributed by atoms with Gasteiger partial charge < -0.3 is 68.6 Å². The Morgan fingerprint density at radius 3 is 0.924 bits per heavy atom. The molecule has 3 fully saturated rings. The molecule has 3 saturated heterocycles. The Balaban J connectivity index is 0.000000122. The maximum Gasteiger partial charge on any atom is 0.121 e. The van der Waals surface area contributed by atoms with E-state index in [0.29, 0.717) is 5.92 Å². The lowest BCUT2D eigenvalue weighted by molar-refractivity contribution is 0.112. The van der Waals surface area contributed by atoms with Crippen LogP contribution in [0.3, 0.4) is 0 Å². The van der Waals surface area contributed by atoms with Crippen LogP contribution in [0, 0.1) is 5.92 Å². The number of benzene rings is 10. The van der Waals surface area contributed by atoms with E-state index < -0.39 is 0 Å². The van der Waals surface area contributed by atoms with E-state index in [1.54, 1.807) is 7.11 Å². The second kappa shape index (κ2) is 43.8. The van der Waals surface area contributed by atoms with Gasteiger partial charge in [0, 0.05) is 189 Å². The summed E-state index contributed by atoms with van der Waals surface area (Å²) in [6, 6.07) is 79.8. The van der Waals surface area contributed by atoms with Crippen molar-refractivity contribution >= 4 is 139 Å². The summed E-state index contributed by atoms with van der Waals surface area (Å²) in [5.41, 5.74) is 13.0. The molecule has 1 atom stereocenters. The van der Waals surface area contributed by atoms with Crippen LogP contribution >= 0.6 is 82.0 Å². The molecule has 8 heterocycles. The largest absolute Gasteiger partial charge is 0.497 e. The number of halogens is 2. The molecule has 0 amide bonds. The van der Waals surface area contributed by atoms with Gasteiger partial charge in [0.25, 0.3) is 0 Å². The number of rotatable bonds is 23. The highest BCUT2D eigenvalue weighted by Gasteiger charge is 2.31. The average molecular weight is 1730 g/mol. The first-order chi connectivity index (χ1) is 58.1. The molecule has 0 aliphatic carbocycles. The van der Waals surface area contributed by atoms with Crippen LogP contribution in [-0.2, 0) is 0 Å². The van der Waals surface area contributed by atoms with Gasteiger partial charge in [0.15, 0.2) is 0 Å². The molecule has 10 aromatic carbocycles. The number of ether oxygens (including phenoxy) is 1. The summed E-state index contributed by atoms with van der Waals surface area (Å²) in [5.74, 6) is 1.53. The third-order valence-corrected chi connectivity index (χ3v) is 29.0. The summed E-state index contributed by atoms with van der Waals surface area (Å²) in [6.07, 6.45) is 4.61. The molecule has 8 aliphatic rings. The molecule has 1 N–H and O–H groups in total. The highest BCUT2D eigenvalue weighted by molar-refractivity contribution is 8.00. The first kappa shape index (κ1) is 88.3. The van der Waals surface area contributed by atoms with E-state index in [-0.39, 0.29) is 6.61 Å². The van der Waals surface area contributed by atoms with E-state index in [2.05, 4.69) is 319 Å². The number of anilines is 10. The minimum Gasteiger partial charge on any atom is -0.497 e. The molecular formula is C97H119Cl2N13O2S5. The zero-order chi connectivity index (χ0) is 82.6. The van der Waals surface area contributed by atoms with Crippen molar-refractivity contribution in [2.45, 2.75) is 81.6 Å². The molecule has 10 aromatic rings. The van der Waals surface area contributed by atoms with Crippen molar-refractivity contribution in [3.8, 4) is 5.75 Å². The Morgan fingerprint density at radius 1 is 0.328 bits per heavy atom. The fourth-order valence-electron chi connectivity index (χ4n) is 16.7. The topological polar surface area (TPSA) is 71.6 Å². The molecule has 8 aliphatic heterocycles. The van der Waals surface area contributed by atoms with Crippen LogP contribution < -0.4 is 29.2 Å². The highest BCUT2D eigenvalue weighted by atomic mass is 35.5. The Kier molecular flexibility index (Phi) is 32.5. The zero-order valence-corrected chi connectivity index (χ0v) is 76.3. The minimum absolute atomic E-state index is 0.258. The normalized spacial score (nSPS) is 16.5. The van der Waals surface area contributed by atoms with Crippen LogP contribution in [0.15, 0.2) is 273 Å². The van der Waals surface area contributed by atoms with Gasteiger partial charge in [-0.3, -0.25) is 4.90 Å². The van der Waals surface area contributed by atoms with Crippen molar-refractivity contribution < 1.29 is 9.84 Å². The minimum atomic E-state index is 0.258. The predicted octanol–water partition coefficient (Wildman–Crippen LogP) is 21.2. The monoisotopic (exact) mass is 1730 g/mol. The molecule has 18 rings (SSSR count). The predicted molar refractivity (Wildman–Crippen MR) is 509 cm³/mol. The lowest BCUT2D eigenvalue weighted by Crippen LogP contribution is -2.47. The van der Waals surface area contributed by atoms with Gasteiger partial charge in [-0.2, -0.15) is 0 Å². The fourth-order valence-corrected chi connectivity index (χ4v) is 22.4. The summed E-state index contributed by atoms with van der Waals surface area (Å²) in [7, 11) is 14.7. The summed E-state index contributed by atoms with van der Waals surface area (Å²) >= 11 is 21.9. The number of likely N-dealkylation sites (N-methyl/N-ethyl adjacent to an activating group) is 2. The van der Waals surface area contributed by atoms with Crippen LogP contribution in [0.4, 0.5) is 56.9 Å². The molecule has 0 bridgehead atoms. The highest BCUT2D eigenvalue weighted by Crippen LogP contribution is 2.54. The van der Waals surface area contributed by atoms with Crippen LogP contribution in [0.5, 0.6) is 5.75 Å². The number of aliphatic hydroxyl groups is 1. The fraction of sp³-hybridized carbons (Fsp3) is 0.381. The molecule has 628 valence electrons. The van der Waals surface area contributed by atoms with Gasteiger partial charge in [-0.25, -0.2) is 0 Å².